The number of halogens is 1. The van der Waals surface area contributed by atoms with Gasteiger partial charge in [-0.25, -0.2) is 0 Å². The Bertz CT molecular complexity index is 427. The van der Waals surface area contributed by atoms with Crippen molar-refractivity contribution in [2.24, 2.45) is 4.99 Å². The second-order valence-electron chi connectivity index (χ2n) is 4.73. The minimum atomic E-state index is 0.229. The Morgan fingerprint density at radius 2 is 2.11 bits per heavy atom. The molecule has 0 spiro atoms. The van der Waals surface area contributed by atoms with Crippen molar-refractivity contribution in [3.05, 3.63) is 34.3 Å². The summed E-state index contributed by atoms with van der Waals surface area (Å²) in [5, 5.41) is 6.88. The maximum atomic E-state index is 4.28. The zero-order valence-electron chi connectivity index (χ0n) is 10.9. The van der Waals surface area contributed by atoms with Crippen molar-refractivity contribution in [3.63, 3.8) is 0 Å². The smallest absolute Gasteiger partial charge is 0.191 e. The first-order valence-electron chi connectivity index (χ1n) is 6.45. The lowest BCUT2D eigenvalue weighted by atomic mass is 9.93. The summed E-state index contributed by atoms with van der Waals surface area (Å²) >= 11 is 3.58. The molecule has 1 unspecified atom stereocenters. The summed E-state index contributed by atoms with van der Waals surface area (Å²) in [7, 11) is 1.82. The Balaban J connectivity index is 1.96. The minimum Gasteiger partial charge on any atom is -0.354 e. The molecule has 1 aromatic rings. The SMILES string of the molecule is CN=C(NC1CCC1)NC(C)c1ccccc1Br. The number of guanidine groups is 1. The average molecular weight is 310 g/mol. The van der Waals surface area contributed by atoms with E-state index in [0.29, 0.717) is 6.04 Å². The number of benzene rings is 1. The van der Waals surface area contributed by atoms with Gasteiger partial charge in [-0.2, -0.15) is 0 Å². The lowest BCUT2D eigenvalue weighted by molar-refractivity contribution is 0.378. The predicted molar refractivity (Wildman–Crippen MR) is 79.8 cm³/mol. The molecule has 0 bridgehead atoms. The fraction of sp³-hybridized carbons (Fsp3) is 0.500. The first kappa shape index (κ1) is 13.4. The van der Waals surface area contributed by atoms with E-state index in [1.165, 1.54) is 24.8 Å². The van der Waals surface area contributed by atoms with Gasteiger partial charge < -0.3 is 10.6 Å². The molecule has 2 rings (SSSR count). The lowest BCUT2D eigenvalue weighted by Gasteiger charge is -2.29. The molecule has 1 fully saturated rings. The first-order valence-corrected chi connectivity index (χ1v) is 7.24. The molecule has 0 radical (unpaired) electrons. The van der Waals surface area contributed by atoms with Gasteiger partial charge in [-0.15, -0.1) is 0 Å². The Hall–Kier alpha value is -1.03. The number of hydrogen-bond acceptors (Lipinski definition) is 1. The van der Waals surface area contributed by atoms with Crippen LogP contribution in [0.5, 0.6) is 0 Å². The van der Waals surface area contributed by atoms with Crippen LogP contribution in [0.1, 0.15) is 37.8 Å². The Morgan fingerprint density at radius 1 is 1.39 bits per heavy atom. The molecule has 0 aliphatic heterocycles. The third-order valence-corrected chi connectivity index (χ3v) is 4.12. The molecule has 3 nitrogen and oxygen atoms in total. The van der Waals surface area contributed by atoms with Crippen molar-refractivity contribution in [2.75, 3.05) is 7.05 Å². The minimum absolute atomic E-state index is 0.229. The van der Waals surface area contributed by atoms with Crippen molar-refractivity contribution < 1.29 is 0 Å². The number of rotatable bonds is 3. The molecular formula is C14H20BrN3. The topological polar surface area (TPSA) is 36.4 Å². The third kappa shape index (κ3) is 3.25. The van der Waals surface area contributed by atoms with Crippen LogP contribution in [0.2, 0.25) is 0 Å². The molecule has 0 heterocycles. The van der Waals surface area contributed by atoms with Gasteiger partial charge in [0.15, 0.2) is 5.96 Å². The van der Waals surface area contributed by atoms with Crippen LogP contribution >= 0.6 is 15.9 Å². The summed E-state index contributed by atoms with van der Waals surface area (Å²) in [4.78, 5) is 4.28. The van der Waals surface area contributed by atoms with E-state index >= 15 is 0 Å². The quantitative estimate of drug-likeness (QED) is 0.664. The second-order valence-corrected chi connectivity index (χ2v) is 5.59. The fourth-order valence-electron chi connectivity index (χ4n) is 2.03. The van der Waals surface area contributed by atoms with Crippen LogP contribution in [-0.4, -0.2) is 19.0 Å². The zero-order valence-corrected chi connectivity index (χ0v) is 12.5. The van der Waals surface area contributed by atoms with Gasteiger partial charge in [-0.1, -0.05) is 34.1 Å². The van der Waals surface area contributed by atoms with E-state index in [-0.39, 0.29) is 6.04 Å². The molecule has 2 N–H and O–H groups in total. The summed E-state index contributed by atoms with van der Waals surface area (Å²) in [6.45, 7) is 2.15. The van der Waals surface area contributed by atoms with Gasteiger partial charge in [0.2, 0.25) is 0 Å². The molecule has 18 heavy (non-hydrogen) atoms. The Labute approximate surface area is 117 Å². The third-order valence-electron chi connectivity index (χ3n) is 3.39. The molecule has 1 saturated carbocycles. The summed E-state index contributed by atoms with van der Waals surface area (Å²) in [6, 6.07) is 9.10. The van der Waals surface area contributed by atoms with Crippen molar-refractivity contribution in [1.82, 2.24) is 10.6 Å². The number of nitrogens with one attached hydrogen (secondary N) is 2. The van der Waals surface area contributed by atoms with E-state index in [2.05, 4.69) is 56.7 Å². The standard InChI is InChI=1S/C14H20BrN3/c1-10(12-8-3-4-9-13(12)15)17-14(16-2)18-11-6-5-7-11/h3-4,8-11H,5-7H2,1-2H3,(H2,16,17,18). The highest BCUT2D eigenvalue weighted by atomic mass is 79.9. The molecule has 0 amide bonds. The normalized spacial score (nSPS) is 18.1. The molecule has 0 aromatic heterocycles. The van der Waals surface area contributed by atoms with Gasteiger partial charge in [0, 0.05) is 17.6 Å². The van der Waals surface area contributed by atoms with Crippen molar-refractivity contribution in [2.45, 2.75) is 38.3 Å². The van der Waals surface area contributed by atoms with Crippen molar-refractivity contribution in [3.8, 4) is 0 Å². The Kier molecular flexibility index (Phi) is 4.64. The summed E-state index contributed by atoms with van der Waals surface area (Å²) in [5.41, 5.74) is 1.24. The Morgan fingerprint density at radius 3 is 2.67 bits per heavy atom. The molecule has 1 aliphatic rings. The number of aliphatic imine (C=N–C) groups is 1. The van der Waals surface area contributed by atoms with Gasteiger partial charge >= 0.3 is 0 Å². The van der Waals surface area contributed by atoms with E-state index in [1.807, 2.05) is 13.1 Å². The zero-order chi connectivity index (χ0) is 13.0. The van der Waals surface area contributed by atoms with E-state index < -0.39 is 0 Å². The summed E-state index contributed by atoms with van der Waals surface area (Å²) in [5.74, 6) is 0.892. The van der Waals surface area contributed by atoms with Crippen LogP contribution in [0.15, 0.2) is 33.7 Å². The molecule has 98 valence electrons. The van der Waals surface area contributed by atoms with E-state index in [1.54, 1.807) is 0 Å². The average Bonchev–Trinajstić information content (AvgIpc) is 2.32. The second kappa shape index (κ2) is 6.23. The van der Waals surface area contributed by atoms with Gasteiger partial charge in [0.1, 0.15) is 0 Å². The van der Waals surface area contributed by atoms with Crippen molar-refractivity contribution in [1.29, 1.82) is 0 Å². The van der Waals surface area contributed by atoms with Gasteiger partial charge in [0.25, 0.3) is 0 Å². The largest absolute Gasteiger partial charge is 0.354 e. The maximum absolute atomic E-state index is 4.28. The first-order chi connectivity index (χ1) is 8.70. The lowest BCUT2D eigenvalue weighted by Crippen LogP contribution is -2.46. The monoisotopic (exact) mass is 309 g/mol. The molecule has 1 aromatic carbocycles. The molecule has 1 aliphatic carbocycles. The number of hydrogen-bond donors (Lipinski definition) is 2. The summed E-state index contributed by atoms with van der Waals surface area (Å²) in [6.07, 6.45) is 3.84. The molecule has 4 heteroatoms. The van der Waals surface area contributed by atoms with Crippen LogP contribution in [0.4, 0.5) is 0 Å². The highest BCUT2D eigenvalue weighted by Gasteiger charge is 2.19. The summed E-state index contributed by atoms with van der Waals surface area (Å²) < 4.78 is 1.13. The van der Waals surface area contributed by atoms with Crippen LogP contribution in [0.25, 0.3) is 0 Å². The molecule has 1 atom stereocenters. The number of nitrogens with zero attached hydrogens (tertiary/aromatic N) is 1. The molecule has 0 saturated heterocycles. The van der Waals surface area contributed by atoms with Gasteiger partial charge in [-0.05, 0) is 37.8 Å². The highest BCUT2D eigenvalue weighted by molar-refractivity contribution is 9.10. The fourth-order valence-corrected chi connectivity index (χ4v) is 2.65. The predicted octanol–water partition coefficient (Wildman–Crippen LogP) is 3.23. The maximum Gasteiger partial charge on any atom is 0.191 e. The van der Waals surface area contributed by atoms with E-state index in [4.69, 9.17) is 0 Å². The van der Waals surface area contributed by atoms with E-state index in [0.717, 1.165) is 10.4 Å². The van der Waals surface area contributed by atoms with Crippen LogP contribution in [0, 0.1) is 0 Å². The van der Waals surface area contributed by atoms with Crippen LogP contribution in [0.3, 0.4) is 0 Å². The highest BCUT2D eigenvalue weighted by Crippen LogP contribution is 2.23. The van der Waals surface area contributed by atoms with Crippen LogP contribution in [-0.2, 0) is 0 Å². The van der Waals surface area contributed by atoms with Crippen LogP contribution < -0.4 is 10.6 Å². The van der Waals surface area contributed by atoms with Gasteiger partial charge in [0.05, 0.1) is 6.04 Å². The van der Waals surface area contributed by atoms with E-state index in [9.17, 15) is 0 Å². The van der Waals surface area contributed by atoms with Gasteiger partial charge in [-0.3, -0.25) is 4.99 Å². The van der Waals surface area contributed by atoms with Crippen molar-refractivity contribution >= 4 is 21.9 Å². The molecular weight excluding hydrogens is 290 g/mol.